The van der Waals surface area contributed by atoms with Gasteiger partial charge < -0.3 is 20.3 Å². The van der Waals surface area contributed by atoms with E-state index in [1.807, 2.05) is 23.1 Å². The molecule has 1 saturated heterocycles. The number of carbonyl (C=O) groups is 1. The molecule has 104 valence electrons. The van der Waals surface area contributed by atoms with Crippen molar-refractivity contribution in [2.75, 3.05) is 33.8 Å². The average Bonchev–Trinajstić information content (AvgIpc) is 2.47. The molecule has 2 amide bonds. The SMILES string of the molecule is CNC(=O)N1CCNC(Cc2cccc(OC)c2)C1. The fourth-order valence-electron chi connectivity index (χ4n) is 2.39. The van der Waals surface area contributed by atoms with Crippen LogP contribution < -0.4 is 15.4 Å². The molecule has 2 N–H and O–H groups in total. The van der Waals surface area contributed by atoms with Crippen LogP contribution in [0.25, 0.3) is 0 Å². The van der Waals surface area contributed by atoms with Crippen LogP contribution in [-0.4, -0.2) is 50.8 Å². The quantitative estimate of drug-likeness (QED) is 0.850. The molecule has 1 aliphatic heterocycles. The van der Waals surface area contributed by atoms with Gasteiger partial charge in [-0.15, -0.1) is 0 Å². The minimum Gasteiger partial charge on any atom is -0.497 e. The first-order valence-corrected chi connectivity index (χ1v) is 6.56. The van der Waals surface area contributed by atoms with Gasteiger partial charge in [0.15, 0.2) is 0 Å². The summed E-state index contributed by atoms with van der Waals surface area (Å²) in [4.78, 5) is 13.5. The minimum absolute atomic E-state index is 0.00265. The summed E-state index contributed by atoms with van der Waals surface area (Å²) in [6.45, 7) is 2.33. The third-order valence-corrected chi connectivity index (χ3v) is 3.37. The number of piperazine rings is 1. The largest absolute Gasteiger partial charge is 0.497 e. The van der Waals surface area contributed by atoms with Crippen LogP contribution in [0.4, 0.5) is 4.79 Å². The van der Waals surface area contributed by atoms with Gasteiger partial charge in [-0.25, -0.2) is 4.79 Å². The summed E-state index contributed by atoms with van der Waals surface area (Å²) in [5, 5.41) is 6.13. The minimum atomic E-state index is -0.00265. The number of nitrogens with one attached hydrogen (secondary N) is 2. The molecular weight excluding hydrogens is 242 g/mol. The van der Waals surface area contributed by atoms with Gasteiger partial charge in [0, 0.05) is 32.7 Å². The molecule has 0 spiro atoms. The van der Waals surface area contributed by atoms with Crippen molar-refractivity contribution in [3.05, 3.63) is 29.8 Å². The first kappa shape index (κ1) is 13.7. The molecule has 0 saturated carbocycles. The molecule has 0 bridgehead atoms. The van der Waals surface area contributed by atoms with Gasteiger partial charge in [0.2, 0.25) is 0 Å². The summed E-state index contributed by atoms with van der Waals surface area (Å²) in [5.74, 6) is 0.872. The monoisotopic (exact) mass is 263 g/mol. The summed E-state index contributed by atoms with van der Waals surface area (Å²) >= 11 is 0. The third kappa shape index (κ3) is 3.61. The smallest absolute Gasteiger partial charge is 0.317 e. The van der Waals surface area contributed by atoms with Crippen LogP contribution in [0.15, 0.2) is 24.3 Å². The Bertz CT molecular complexity index is 436. The first-order chi connectivity index (χ1) is 9.22. The lowest BCUT2D eigenvalue weighted by Crippen LogP contribution is -2.55. The van der Waals surface area contributed by atoms with Gasteiger partial charge in [0.25, 0.3) is 0 Å². The van der Waals surface area contributed by atoms with E-state index in [0.29, 0.717) is 0 Å². The van der Waals surface area contributed by atoms with Crippen molar-refractivity contribution in [3.63, 3.8) is 0 Å². The lowest BCUT2D eigenvalue weighted by Gasteiger charge is -2.33. The lowest BCUT2D eigenvalue weighted by molar-refractivity contribution is 0.178. The first-order valence-electron chi connectivity index (χ1n) is 6.56. The summed E-state index contributed by atoms with van der Waals surface area (Å²) in [6.07, 6.45) is 0.894. The highest BCUT2D eigenvalue weighted by Gasteiger charge is 2.22. The molecule has 1 aromatic carbocycles. The topological polar surface area (TPSA) is 53.6 Å². The van der Waals surface area contributed by atoms with Crippen LogP contribution in [0.2, 0.25) is 0 Å². The van der Waals surface area contributed by atoms with Crippen LogP contribution in [0.1, 0.15) is 5.56 Å². The normalized spacial score (nSPS) is 19.1. The van der Waals surface area contributed by atoms with Crippen molar-refractivity contribution in [1.82, 2.24) is 15.5 Å². The van der Waals surface area contributed by atoms with E-state index >= 15 is 0 Å². The van der Waals surface area contributed by atoms with Crippen LogP contribution in [0, 0.1) is 0 Å². The lowest BCUT2D eigenvalue weighted by atomic mass is 10.0. The Morgan fingerprint density at radius 1 is 1.58 bits per heavy atom. The van der Waals surface area contributed by atoms with Gasteiger partial charge in [0.05, 0.1) is 7.11 Å². The number of nitrogens with zero attached hydrogens (tertiary/aromatic N) is 1. The molecular formula is C14H21N3O2. The van der Waals surface area contributed by atoms with E-state index < -0.39 is 0 Å². The zero-order valence-electron chi connectivity index (χ0n) is 11.5. The molecule has 19 heavy (non-hydrogen) atoms. The van der Waals surface area contributed by atoms with Gasteiger partial charge >= 0.3 is 6.03 Å². The summed E-state index contributed by atoms with van der Waals surface area (Å²) < 4.78 is 5.23. The second-order valence-electron chi connectivity index (χ2n) is 4.71. The molecule has 5 nitrogen and oxygen atoms in total. The molecule has 1 aromatic rings. The van der Waals surface area contributed by atoms with Crippen molar-refractivity contribution < 1.29 is 9.53 Å². The molecule has 1 fully saturated rings. The third-order valence-electron chi connectivity index (χ3n) is 3.37. The Balaban J connectivity index is 1.96. The van der Waals surface area contributed by atoms with Crippen molar-refractivity contribution in [3.8, 4) is 5.75 Å². The molecule has 2 rings (SSSR count). The second kappa shape index (κ2) is 6.43. The van der Waals surface area contributed by atoms with Gasteiger partial charge in [0.1, 0.15) is 5.75 Å². The standard InChI is InChI=1S/C14H21N3O2/c1-15-14(18)17-7-6-16-12(10-17)8-11-4-3-5-13(9-11)19-2/h3-5,9,12,16H,6-8,10H2,1-2H3,(H,15,18). The second-order valence-corrected chi connectivity index (χ2v) is 4.71. The van der Waals surface area contributed by atoms with E-state index in [1.54, 1.807) is 14.2 Å². The van der Waals surface area contributed by atoms with Gasteiger partial charge in [-0.1, -0.05) is 12.1 Å². The molecule has 0 radical (unpaired) electrons. The Kier molecular flexibility index (Phi) is 4.63. The summed E-state index contributed by atoms with van der Waals surface area (Å²) in [5.41, 5.74) is 1.22. The maximum Gasteiger partial charge on any atom is 0.317 e. The molecule has 1 atom stereocenters. The van der Waals surface area contributed by atoms with Crippen LogP contribution >= 0.6 is 0 Å². The van der Waals surface area contributed by atoms with Crippen molar-refractivity contribution >= 4 is 6.03 Å². The van der Waals surface area contributed by atoms with E-state index in [-0.39, 0.29) is 12.1 Å². The van der Waals surface area contributed by atoms with Crippen molar-refractivity contribution in [1.29, 1.82) is 0 Å². The zero-order chi connectivity index (χ0) is 13.7. The maximum absolute atomic E-state index is 11.6. The molecule has 1 heterocycles. The Morgan fingerprint density at radius 2 is 2.42 bits per heavy atom. The Morgan fingerprint density at radius 3 is 3.16 bits per heavy atom. The number of ether oxygens (including phenoxy) is 1. The highest BCUT2D eigenvalue weighted by atomic mass is 16.5. The Hall–Kier alpha value is -1.75. The number of amides is 2. The van der Waals surface area contributed by atoms with E-state index in [0.717, 1.165) is 31.8 Å². The zero-order valence-corrected chi connectivity index (χ0v) is 11.5. The summed E-state index contributed by atoms with van der Waals surface area (Å²) in [7, 11) is 3.34. The van der Waals surface area contributed by atoms with Gasteiger partial charge in [-0.2, -0.15) is 0 Å². The van der Waals surface area contributed by atoms with Gasteiger partial charge in [-0.3, -0.25) is 0 Å². The van der Waals surface area contributed by atoms with Crippen molar-refractivity contribution in [2.24, 2.45) is 0 Å². The van der Waals surface area contributed by atoms with Crippen LogP contribution in [-0.2, 0) is 6.42 Å². The number of hydrogen-bond donors (Lipinski definition) is 2. The van der Waals surface area contributed by atoms with E-state index in [2.05, 4.69) is 16.7 Å². The van der Waals surface area contributed by atoms with E-state index in [9.17, 15) is 4.79 Å². The fourth-order valence-corrected chi connectivity index (χ4v) is 2.39. The molecule has 5 heteroatoms. The summed E-state index contributed by atoms with van der Waals surface area (Å²) in [6, 6.07) is 8.35. The van der Waals surface area contributed by atoms with Crippen LogP contribution in [0.3, 0.4) is 0 Å². The fraction of sp³-hybridized carbons (Fsp3) is 0.500. The number of rotatable bonds is 3. The number of carbonyl (C=O) groups excluding carboxylic acids is 1. The highest BCUT2D eigenvalue weighted by Crippen LogP contribution is 2.15. The number of urea groups is 1. The number of methoxy groups -OCH3 is 1. The molecule has 0 aliphatic carbocycles. The average molecular weight is 263 g/mol. The number of hydrogen-bond acceptors (Lipinski definition) is 3. The molecule has 1 aliphatic rings. The van der Waals surface area contributed by atoms with E-state index in [1.165, 1.54) is 5.56 Å². The Labute approximate surface area is 113 Å². The van der Waals surface area contributed by atoms with Gasteiger partial charge in [-0.05, 0) is 24.1 Å². The molecule has 1 unspecified atom stereocenters. The predicted molar refractivity (Wildman–Crippen MR) is 74.5 cm³/mol. The predicted octanol–water partition coefficient (Wildman–Crippen LogP) is 0.851. The highest BCUT2D eigenvalue weighted by molar-refractivity contribution is 5.73. The van der Waals surface area contributed by atoms with Crippen molar-refractivity contribution in [2.45, 2.75) is 12.5 Å². The number of benzene rings is 1. The van der Waals surface area contributed by atoms with E-state index in [4.69, 9.17) is 4.74 Å². The molecule has 0 aromatic heterocycles. The maximum atomic E-state index is 11.6. The van der Waals surface area contributed by atoms with Crippen LogP contribution in [0.5, 0.6) is 5.75 Å².